The van der Waals surface area contributed by atoms with E-state index >= 15 is 0 Å². The molecule has 2 rings (SSSR count). The number of anilines is 1. The quantitative estimate of drug-likeness (QED) is 0.847. The van der Waals surface area contributed by atoms with Crippen LogP contribution in [0.5, 0.6) is 0 Å². The van der Waals surface area contributed by atoms with Crippen molar-refractivity contribution in [3.05, 3.63) is 47.5 Å². The summed E-state index contributed by atoms with van der Waals surface area (Å²) in [5.74, 6) is -0.753. The average molecular weight is 244 g/mol. The summed E-state index contributed by atoms with van der Waals surface area (Å²) >= 11 is 0. The SMILES string of the molecule is Cc1cc(C(=O)O)nc(NCc2ccncc2)n1. The van der Waals surface area contributed by atoms with E-state index in [0.29, 0.717) is 18.2 Å². The third kappa shape index (κ3) is 3.00. The second kappa shape index (κ2) is 5.22. The van der Waals surface area contributed by atoms with Gasteiger partial charge in [-0.25, -0.2) is 14.8 Å². The molecule has 0 fully saturated rings. The molecule has 0 aliphatic carbocycles. The van der Waals surface area contributed by atoms with Crippen molar-refractivity contribution in [2.24, 2.45) is 0 Å². The Kier molecular flexibility index (Phi) is 3.47. The minimum Gasteiger partial charge on any atom is -0.477 e. The highest BCUT2D eigenvalue weighted by Gasteiger charge is 2.08. The van der Waals surface area contributed by atoms with E-state index in [-0.39, 0.29) is 5.69 Å². The molecule has 2 heterocycles. The predicted octanol–water partition coefficient (Wildman–Crippen LogP) is 1.49. The predicted molar refractivity (Wildman–Crippen MR) is 65.3 cm³/mol. The fourth-order valence-corrected chi connectivity index (χ4v) is 1.44. The average Bonchev–Trinajstić information content (AvgIpc) is 2.37. The first-order chi connectivity index (χ1) is 8.65. The molecule has 0 spiro atoms. The number of nitrogens with zero attached hydrogens (tertiary/aromatic N) is 3. The molecular formula is C12H12N4O2. The van der Waals surface area contributed by atoms with Crippen molar-refractivity contribution < 1.29 is 9.90 Å². The van der Waals surface area contributed by atoms with Gasteiger partial charge in [0.1, 0.15) is 0 Å². The van der Waals surface area contributed by atoms with Gasteiger partial charge in [-0.2, -0.15) is 0 Å². The Morgan fingerprint density at radius 3 is 2.72 bits per heavy atom. The van der Waals surface area contributed by atoms with Crippen LogP contribution in [0.15, 0.2) is 30.6 Å². The number of nitrogens with one attached hydrogen (secondary N) is 1. The van der Waals surface area contributed by atoms with Crippen LogP contribution < -0.4 is 5.32 Å². The maximum atomic E-state index is 10.9. The van der Waals surface area contributed by atoms with Gasteiger partial charge in [0.15, 0.2) is 5.69 Å². The van der Waals surface area contributed by atoms with Crippen LogP contribution in [0.4, 0.5) is 5.95 Å². The van der Waals surface area contributed by atoms with Crippen LogP contribution in [0.3, 0.4) is 0 Å². The highest BCUT2D eigenvalue weighted by atomic mass is 16.4. The number of carbonyl (C=O) groups is 1. The van der Waals surface area contributed by atoms with Gasteiger partial charge < -0.3 is 10.4 Å². The molecule has 2 aromatic rings. The molecular weight excluding hydrogens is 232 g/mol. The number of pyridine rings is 1. The number of aryl methyl sites for hydroxylation is 1. The molecule has 0 aliphatic rings. The minimum atomic E-state index is -1.06. The topological polar surface area (TPSA) is 88.0 Å². The van der Waals surface area contributed by atoms with E-state index < -0.39 is 5.97 Å². The van der Waals surface area contributed by atoms with Crippen molar-refractivity contribution in [2.45, 2.75) is 13.5 Å². The van der Waals surface area contributed by atoms with Crippen molar-refractivity contribution in [2.75, 3.05) is 5.32 Å². The summed E-state index contributed by atoms with van der Waals surface area (Å²) in [5, 5.41) is 11.9. The maximum absolute atomic E-state index is 10.9. The first-order valence-electron chi connectivity index (χ1n) is 5.37. The summed E-state index contributed by atoms with van der Waals surface area (Å²) in [7, 11) is 0. The van der Waals surface area contributed by atoms with Crippen LogP contribution >= 0.6 is 0 Å². The van der Waals surface area contributed by atoms with Gasteiger partial charge in [-0.05, 0) is 30.7 Å². The number of aromatic nitrogens is 3. The van der Waals surface area contributed by atoms with Gasteiger partial charge in [-0.3, -0.25) is 4.98 Å². The van der Waals surface area contributed by atoms with Crippen molar-refractivity contribution in [3.8, 4) is 0 Å². The van der Waals surface area contributed by atoms with E-state index in [1.807, 2.05) is 12.1 Å². The largest absolute Gasteiger partial charge is 0.477 e. The Morgan fingerprint density at radius 1 is 1.33 bits per heavy atom. The van der Waals surface area contributed by atoms with Crippen molar-refractivity contribution >= 4 is 11.9 Å². The van der Waals surface area contributed by atoms with Gasteiger partial charge in [0.05, 0.1) is 0 Å². The summed E-state index contributed by atoms with van der Waals surface area (Å²) in [6.45, 7) is 2.25. The zero-order chi connectivity index (χ0) is 13.0. The van der Waals surface area contributed by atoms with Crippen LogP contribution in [-0.2, 0) is 6.54 Å². The molecule has 0 bridgehead atoms. The lowest BCUT2D eigenvalue weighted by Crippen LogP contribution is -2.09. The summed E-state index contributed by atoms with van der Waals surface area (Å²) in [4.78, 5) is 22.8. The van der Waals surface area contributed by atoms with Gasteiger partial charge in [0.25, 0.3) is 0 Å². The van der Waals surface area contributed by atoms with Gasteiger partial charge in [-0.15, -0.1) is 0 Å². The summed E-state index contributed by atoms with van der Waals surface area (Å²) in [5.41, 5.74) is 1.62. The number of rotatable bonds is 4. The van der Waals surface area contributed by atoms with Crippen LogP contribution in [-0.4, -0.2) is 26.0 Å². The molecule has 0 atom stereocenters. The minimum absolute atomic E-state index is 0.0141. The van der Waals surface area contributed by atoms with Crippen LogP contribution in [0, 0.1) is 6.92 Å². The lowest BCUT2D eigenvalue weighted by atomic mass is 10.3. The van der Waals surface area contributed by atoms with Crippen molar-refractivity contribution in [1.82, 2.24) is 15.0 Å². The number of carboxylic acid groups (broad SMARTS) is 1. The molecule has 18 heavy (non-hydrogen) atoms. The number of hydrogen-bond acceptors (Lipinski definition) is 5. The third-order valence-electron chi connectivity index (χ3n) is 2.27. The Bertz CT molecular complexity index is 557. The number of hydrogen-bond donors (Lipinski definition) is 2. The summed E-state index contributed by atoms with van der Waals surface area (Å²) in [6, 6.07) is 5.15. The molecule has 0 saturated carbocycles. The van der Waals surface area contributed by atoms with Gasteiger partial charge in [-0.1, -0.05) is 0 Å². The summed E-state index contributed by atoms with van der Waals surface area (Å²) < 4.78 is 0. The Balaban J connectivity index is 2.12. The highest BCUT2D eigenvalue weighted by molar-refractivity contribution is 5.85. The van der Waals surface area contributed by atoms with Crippen LogP contribution in [0.2, 0.25) is 0 Å². The van der Waals surface area contributed by atoms with E-state index in [1.165, 1.54) is 6.07 Å². The lowest BCUT2D eigenvalue weighted by molar-refractivity contribution is 0.0690. The molecule has 0 aliphatic heterocycles. The molecule has 0 aromatic carbocycles. The van der Waals surface area contributed by atoms with E-state index in [9.17, 15) is 4.79 Å². The standard InChI is InChI=1S/C12H12N4O2/c1-8-6-10(11(17)18)16-12(15-8)14-7-9-2-4-13-5-3-9/h2-6H,7H2,1H3,(H,17,18)(H,14,15,16). The van der Waals surface area contributed by atoms with E-state index in [2.05, 4.69) is 20.3 Å². The van der Waals surface area contributed by atoms with Gasteiger partial charge >= 0.3 is 5.97 Å². The van der Waals surface area contributed by atoms with E-state index in [1.54, 1.807) is 19.3 Å². The number of carboxylic acids is 1. The smallest absolute Gasteiger partial charge is 0.354 e. The molecule has 0 amide bonds. The normalized spacial score (nSPS) is 10.1. The Hall–Kier alpha value is -2.50. The second-order valence-corrected chi connectivity index (χ2v) is 3.73. The summed E-state index contributed by atoms with van der Waals surface area (Å²) in [6.07, 6.45) is 3.38. The molecule has 2 N–H and O–H groups in total. The highest BCUT2D eigenvalue weighted by Crippen LogP contribution is 2.07. The molecule has 0 radical (unpaired) electrons. The van der Waals surface area contributed by atoms with Gasteiger partial charge in [0.2, 0.25) is 5.95 Å². The van der Waals surface area contributed by atoms with Crippen LogP contribution in [0.25, 0.3) is 0 Å². The molecule has 6 heteroatoms. The first kappa shape index (κ1) is 12.0. The zero-order valence-corrected chi connectivity index (χ0v) is 9.79. The lowest BCUT2D eigenvalue weighted by Gasteiger charge is -2.06. The zero-order valence-electron chi connectivity index (χ0n) is 9.79. The van der Waals surface area contributed by atoms with Gasteiger partial charge in [0, 0.05) is 24.6 Å². The molecule has 92 valence electrons. The monoisotopic (exact) mass is 244 g/mol. The molecule has 2 aromatic heterocycles. The molecule has 0 saturated heterocycles. The fraction of sp³-hybridized carbons (Fsp3) is 0.167. The third-order valence-corrected chi connectivity index (χ3v) is 2.27. The first-order valence-corrected chi connectivity index (χ1v) is 5.37. The molecule has 6 nitrogen and oxygen atoms in total. The second-order valence-electron chi connectivity index (χ2n) is 3.73. The van der Waals surface area contributed by atoms with E-state index in [0.717, 1.165) is 5.56 Å². The fourth-order valence-electron chi connectivity index (χ4n) is 1.44. The number of aromatic carboxylic acids is 1. The Labute approximate surface area is 104 Å². The van der Waals surface area contributed by atoms with Crippen molar-refractivity contribution in [3.63, 3.8) is 0 Å². The maximum Gasteiger partial charge on any atom is 0.354 e. The molecule has 0 unspecified atom stereocenters. The van der Waals surface area contributed by atoms with Crippen LogP contribution in [0.1, 0.15) is 21.7 Å². The van der Waals surface area contributed by atoms with Crippen molar-refractivity contribution in [1.29, 1.82) is 0 Å². The Morgan fingerprint density at radius 2 is 2.06 bits per heavy atom. The van der Waals surface area contributed by atoms with E-state index in [4.69, 9.17) is 5.11 Å².